The van der Waals surface area contributed by atoms with E-state index in [1.54, 1.807) is 48.5 Å². The average Bonchev–Trinajstić information content (AvgIpc) is 2.85. The smallest absolute Gasteiger partial charge is 0.420 e. The molecule has 0 spiro atoms. The van der Waals surface area contributed by atoms with Crippen molar-refractivity contribution in [3.63, 3.8) is 0 Å². The van der Waals surface area contributed by atoms with E-state index in [2.05, 4.69) is 5.32 Å². The molecule has 0 unspecified atom stereocenters. The van der Waals surface area contributed by atoms with Crippen molar-refractivity contribution < 1.29 is 14.3 Å². The molecule has 23 heavy (non-hydrogen) atoms. The lowest BCUT2D eigenvalue weighted by Crippen LogP contribution is -2.32. The van der Waals surface area contributed by atoms with E-state index in [-0.39, 0.29) is 18.2 Å². The van der Waals surface area contributed by atoms with Gasteiger partial charge in [-0.2, -0.15) is 0 Å². The van der Waals surface area contributed by atoms with E-state index < -0.39 is 5.76 Å². The molecule has 0 atom stereocenters. The van der Waals surface area contributed by atoms with Crippen molar-refractivity contribution in [1.29, 1.82) is 0 Å². The van der Waals surface area contributed by atoms with Crippen LogP contribution in [0, 0.1) is 0 Å². The Hall–Kier alpha value is -3.02. The van der Waals surface area contributed by atoms with E-state index in [0.29, 0.717) is 24.1 Å². The first-order valence-corrected chi connectivity index (χ1v) is 7.26. The Morgan fingerprint density at radius 3 is 2.65 bits per heavy atom. The Morgan fingerprint density at radius 2 is 1.87 bits per heavy atom. The maximum atomic E-state index is 12.0. The number of fused-ring (bicyclic) bond motifs is 1. The molecule has 118 valence electrons. The largest absolute Gasteiger partial charge is 0.508 e. The molecule has 1 heterocycles. The highest BCUT2D eigenvalue weighted by Crippen LogP contribution is 2.11. The van der Waals surface area contributed by atoms with Crippen molar-refractivity contribution in [2.24, 2.45) is 0 Å². The molecule has 3 aromatic rings. The van der Waals surface area contributed by atoms with Crippen molar-refractivity contribution in [1.82, 2.24) is 9.88 Å². The van der Waals surface area contributed by atoms with Crippen LogP contribution in [-0.4, -0.2) is 22.1 Å². The van der Waals surface area contributed by atoms with Gasteiger partial charge in [0.1, 0.15) is 12.3 Å². The predicted molar refractivity (Wildman–Crippen MR) is 85.3 cm³/mol. The molecule has 0 aliphatic rings. The van der Waals surface area contributed by atoms with Gasteiger partial charge in [0.05, 0.1) is 5.52 Å². The van der Waals surface area contributed by atoms with Crippen LogP contribution in [0.3, 0.4) is 0 Å². The molecule has 0 aliphatic carbocycles. The minimum Gasteiger partial charge on any atom is -0.508 e. The third kappa shape index (κ3) is 3.42. The average molecular weight is 312 g/mol. The third-order valence-corrected chi connectivity index (χ3v) is 3.55. The fraction of sp³-hybridized carbons (Fsp3) is 0.176. The number of hydrogen-bond donors (Lipinski definition) is 2. The van der Waals surface area contributed by atoms with E-state index >= 15 is 0 Å². The Balaban J connectivity index is 1.59. The number of oxazole rings is 1. The number of nitrogens with zero attached hydrogens (tertiary/aromatic N) is 1. The van der Waals surface area contributed by atoms with Gasteiger partial charge in [-0.1, -0.05) is 24.3 Å². The summed E-state index contributed by atoms with van der Waals surface area (Å²) in [5.41, 5.74) is 2.08. The highest BCUT2D eigenvalue weighted by molar-refractivity contribution is 5.79. The molecule has 0 bridgehead atoms. The van der Waals surface area contributed by atoms with E-state index in [0.717, 1.165) is 5.56 Å². The first-order valence-electron chi connectivity index (χ1n) is 7.26. The molecule has 6 heteroatoms. The van der Waals surface area contributed by atoms with Crippen LogP contribution in [-0.2, 0) is 17.8 Å². The normalized spacial score (nSPS) is 10.8. The fourth-order valence-corrected chi connectivity index (χ4v) is 2.37. The zero-order valence-corrected chi connectivity index (χ0v) is 12.4. The van der Waals surface area contributed by atoms with Crippen molar-refractivity contribution in [2.45, 2.75) is 13.0 Å². The van der Waals surface area contributed by atoms with Gasteiger partial charge in [-0.3, -0.25) is 9.36 Å². The van der Waals surface area contributed by atoms with Gasteiger partial charge in [0.2, 0.25) is 5.91 Å². The number of carbonyl (C=O) groups excluding carboxylic acids is 1. The number of phenolic OH excluding ortho intramolecular Hbond substituents is 1. The Morgan fingerprint density at radius 1 is 1.13 bits per heavy atom. The number of carbonyl (C=O) groups is 1. The third-order valence-electron chi connectivity index (χ3n) is 3.55. The maximum Gasteiger partial charge on any atom is 0.420 e. The van der Waals surface area contributed by atoms with Gasteiger partial charge in [0, 0.05) is 6.54 Å². The standard InChI is InChI=1S/C17H16N2O4/c20-13-7-5-12(6-8-13)9-10-18-16(21)11-19-14-3-1-2-4-15(14)23-17(19)22/h1-8,20H,9-11H2,(H,18,21). The van der Waals surface area contributed by atoms with Crippen LogP contribution < -0.4 is 11.1 Å². The molecule has 0 aliphatic heterocycles. The number of aromatic hydroxyl groups is 1. The summed E-state index contributed by atoms with van der Waals surface area (Å²) >= 11 is 0. The van der Waals surface area contributed by atoms with Gasteiger partial charge in [-0.05, 0) is 36.2 Å². The summed E-state index contributed by atoms with van der Waals surface area (Å²) < 4.78 is 6.40. The van der Waals surface area contributed by atoms with Crippen molar-refractivity contribution in [2.75, 3.05) is 6.54 Å². The molecular weight excluding hydrogens is 296 g/mol. The molecule has 2 N–H and O–H groups in total. The molecule has 0 fully saturated rings. The molecule has 6 nitrogen and oxygen atoms in total. The number of nitrogens with one attached hydrogen (secondary N) is 1. The van der Waals surface area contributed by atoms with Crippen molar-refractivity contribution in [3.05, 3.63) is 64.6 Å². The number of para-hydroxylation sites is 2. The van der Waals surface area contributed by atoms with Crippen LogP contribution in [0.2, 0.25) is 0 Å². The topological polar surface area (TPSA) is 84.5 Å². The first-order chi connectivity index (χ1) is 11.1. The molecule has 3 rings (SSSR count). The van der Waals surface area contributed by atoms with E-state index in [9.17, 15) is 14.7 Å². The zero-order valence-electron chi connectivity index (χ0n) is 12.4. The summed E-state index contributed by atoms with van der Waals surface area (Å²) in [6.07, 6.45) is 0.646. The van der Waals surface area contributed by atoms with Crippen LogP contribution in [0.25, 0.3) is 11.1 Å². The van der Waals surface area contributed by atoms with E-state index in [1.165, 1.54) is 4.57 Å². The molecule has 2 aromatic carbocycles. The van der Waals surface area contributed by atoms with Gasteiger partial charge in [0.15, 0.2) is 5.58 Å². The second-order valence-corrected chi connectivity index (χ2v) is 5.19. The number of hydrogen-bond acceptors (Lipinski definition) is 4. The SMILES string of the molecule is O=C(Cn1c(=O)oc2ccccc21)NCCc1ccc(O)cc1. The number of aromatic nitrogens is 1. The van der Waals surface area contributed by atoms with E-state index in [1.807, 2.05) is 0 Å². The summed E-state index contributed by atoms with van der Waals surface area (Å²) in [6.45, 7) is 0.375. The minimum atomic E-state index is -0.542. The summed E-state index contributed by atoms with van der Waals surface area (Å²) in [4.78, 5) is 23.8. The molecule has 1 aromatic heterocycles. The van der Waals surface area contributed by atoms with Crippen molar-refractivity contribution in [3.8, 4) is 5.75 Å². The lowest BCUT2D eigenvalue weighted by molar-refractivity contribution is -0.121. The number of amides is 1. The minimum absolute atomic E-state index is 0.0780. The molecule has 1 amide bonds. The second kappa shape index (κ2) is 6.39. The highest BCUT2D eigenvalue weighted by atomic mass is 16.4. The molecule has 0 radical (unpaired) electrons. The first kappa shape index (κ1) is 14.9. The van der Waals surface area contributed by atoms with Crippen LogP contribution >= 0.6 is 0 Å². The highest BCUT2D eigenvalue weighted by Gasteiger charge is 2.11. The van der Waals surface area contributed by atoms with Gasteiger partial charge >= 0.3 is 5.76 Å². The summed E-state index contributed by atoms with van der Waals surface area (Å²) in [7, 11) is 0. The maximum absolute atomic E-state index is 12.0. The predicted octanol–water partition coefficient (Wildman–Crippen LogP) is 1.66. The number of phenols is 1. The Kier molecular flexibility index (Phi) is 4.14. The summed E-state index contributed by atoms with van der Waals surface area (Å²) in [5, 5.41) is 12.0. The fourth-order valence-electron chi connectivity index (χ4n) is 2.37. The van der Waals surface area contributed by atoms with Gasteiger partial charge in [0.25, 0.3) is 0 Å². The monoisotopic (exact) mass is 312 g/mol. The quantitative estimate of drug-likeness (QED) is 0.750. The molecular formula is C17H16N2O4. The Bertz CT molecular complexity index is 877. The summed E-state index contributed by atoms with van der Waals surface area (Å²) in [6, 6.07) is 13.8. The molecule has 0 saturated heterocycles. The van der Waals surface area contributed by atoms with Crippen LogP contribution in [0.15, 0.2) is 57.7 Å². The second-order valence-electron chi connectivity index (χ2n) is 5.19. The van der Waals surface area contributed by atoms with Gasteiger partial charge in [-0.15, -0.1) is 0 Å². The van der Waals surface area contributed by atoms with Gasteiger partial charge < -0.3 is 14.8 Å². The lowest BCUT2D eigenvalue weighted by atomic mass is 10.1. The zero-order chi connectivity index (χ0) is 16.2. The van der Waals surface area contributed by atoms with Crippen LogP contribution in [0.4, 0.5) is 0 Å². The van der Waals surface area contributed by atoms with Crippen molar-refractivity contribution >= 4 is 17.0 Å². The Labute approximate surface area is 132 Å². The summed E-state index contributed by atoms with van der Waals surface area (Å²) in [5.74, 6) is -0.582. The van der Waals surface area contributed by atoms with E-state index in [4.69, 9.17) is 4.42 Å². The van der Waals surface area contributed by atoms with Crippen LogP contribution in [0.1, 0.15) is 5.56 Å². The number of rotatable bonds is 5. The number of benzene rings is 2. The molecule has 0 saturated carbocycles. The van der Waals surface area contributed by atoms with Gasteiger partial charge in [-0.25, -0.2) is 4.79 Å². The van der Waals surface area contributed by atoms with Crippen LogP contribution in [0.5, 0.6) is 5.75 Å². The lowest BCUT2D eigenvalue weighted by Gasteiger charge is -2.06.